The number of carbonyl (C=O) groups is 2. The number of anilines is 1. The minimum Gasteiger partial charge on any atom is -0.372 e. The third-order valence-electron chi connectivity index (χ3n) is 4.55. The van der Waals surface area contributed by atoms with Crippen molar-refractivity contribution in [3.8, 4) is 0 Å². The number of nitrogens with one attached hydrogen (secondary N) is 1. The molecule has 1 saturated heterocycles. The predicted molar refractivity (Wildman–Crippen MR) is 91.6 cm³/mol. The Balaban J connectivity index is 1.70. The van der Waals surface area contributed by atoms with Gasteiger partial charge in [0.15, 0.2) is 0 Å². The molecule has 2 amide bonds. The van der Waals surface area contributed by atoms with Crippen molar-refractivity contribution in [1.29, 1.82) is 0 Å². The quantitative estimate of drug-likeness (QED) is 0.597. The van der Waals surface area contributed by atoms with Gasteiger partial charge in [-0.3, -0.25) is 9.59 Å². The maximum atomic E-state index is 13.2. The van der Waals surface area contributed by atoms with Gasteiger partial charge in [-0.1, -0.05) is 0 Å². The summed E-state index contributed by atoms with van der Waals surface area (Å²) in [6.45, 7) is -0.425. The molecule has 0 aromatic heterocycles. The van der Waals surface area contributed by atoms with Gasteiger partial charge >= 0.3 is 6.18 Å². The van der Waals surface area contributed by atoms with E-state index in [1.807, 2.05) is 0 Å². The highest BCUT2D eigenvalue weighted by Crippen LogP contribution is 2.33. The van der Waals surface area contributed by atoms with E-state index >= 15 is 0 Å². The van der Waals surface area contributed by atoms with Crippen molar-refractivity contribution < 1.29 is 36.6 Å². The van der Waals surface area contributed by atoms with Crippen LogP contribution in [0.15, 0.2) is 42.5 Å². The summed E-state index contributed by atoms with van der Waals surface area (Å²) in [7, 11) is 0. The molecule has 1 aliphatic rings. The lowest BCUT2D eigenvalue weighted by Gasteiger charge is -2.22. The summed E-state index contributed by atoms with van der Waals surface area (Å²) >= 11 is 0. The molecule has 0 spiro atoms. The normalized spacial score (nSPS) is 19.5. The third kappa shape index (κ3) is 4.21. The molecule has 2 N–H and O–H groups in total. The first kappa shape index (κ1) is 20.7. The zero-order valence-electron chi connectivity index (χ0n) is 14.8. The van der Waals surface area contributed by atoms with Gasteiger partial charge in [0.1, 0.15) is 11.6 Å². The molecule has 0 bridgehead atoms. The highest BCUT2D eigenvalue weighted by molar-refractivity contribution is 6.16. The van der Waals surface area contributed by atoms with Crippen molar-refractivity contribution in [2.45, 2.75) is 24.7 Å². The molecule has 1 fully saturated rings. The maximum absolute atomic E-state index is 13.2. The molecule has 0 saturated carbocycles. The Hall–Kier alpha value is -3.01. The van der Waals surface area contributed by atoms with Crippen molar-refractivity contribution >= 4 is 17.5 Å². The van der Waals surface area contributed by atoms with E-state index in [1.54, 1.807) is 0 Å². The predicted octanol–water partition coefficient (Wildman–Crippen LogP) is 2.77. The van der Waals surface area contributed by atoms with Gasteiger partial charge in [0.05, 0.1) is 5.56 Å². The SMILES string of the molecule is O=C(NCc1cc(F)cc(F)c1)C1(O)CCN(c2ccc(C(F)(F)F)cc2)C1=O. The highest BCUT2D eigenvalue weighted by atomic mass is 19.4. The number of alkyl halides is 3. The fourth-order valence-corrected chi connectivity index (χ4v) is 3.03. The summed E-state index contributed by atoms with van der Waals surface area (Å²) in [5.41, 5.74) is -3.15. The first-order valence-electron chi connectivity index (χ1n) is 8.45. The number of aliphatic hydroxyl groups is 1. The molecule has 0 radical (unpaired) electrons. The zero-order chi connectivity index (χ0) is 21.4. The Kier molecular flexibility index (Phi) is 5.31. The van der Waals surface area contributed by atoms with E-state index in [0.29, 0.717) is 6.07 Å². The van der Waals surface area contributed by atoms with Gasteiger partial charge in [0.2, 0.25) is 5.60 Å². The lowest BCUT2D eigenvalue weighted by Crippen LogP contribution is -2.52. The number of benzene rings is 2. The summed E-state index contributed by atoms with van der Waals surface area (Å²) in [5, 5.41) is 12.7. The average molecular weight is 414 g/mol. The van der Waals surface area contributed by atoms with Crippen LogP contribution >= 0.6 is 0 Å². The molecule has 10 heteroatoms. The average Bonchev–Trinajstić information content (AvgIpc) is 2.94. The molecular formula is C19H15F5N2O3. The Morgan fingerprint density at radius 3 is 2.24 bits per heavy atom. The summed E-state index contributed by atoms with van der Waals surface area (Å²) in [4.78, 5) is 25.9. The van der Waals surface area contributed by atoms with E-state index in [0.717, 1.165) is 41.3 Å². The molecular weight excluding hydrogens is 399 g/mol. The Morgan fingerprint density at radius 2 is 1.69 bits per heavy atom. The van der Waals surface area contributed by atoms with Crippen LogP contribution in [0.1, 0.15) is 17.5 Å². The van der Waals surface area contributed by atoms with Crippen LogP contribution in [-0.2, 0) is 22.3 Å². The van der Waals surface area contributed by atoms with Crippen LogP contribution in [0.2, 0.25) is 0 Å². The smallest absolute Gasteiger partial charge is 0.372 e. The molecule has 1 heterocycles. The van der Waals surface area contributed by atoms with Crippen LogP contribution < -0.4 is 10.2 Å². The van der Waals surface area contributed by atoms with Crippen molar-refractivity contribution in [3.05, 3.63) is 65.2 Å². The van der Waals surface area contributed by atoms with Crippen LogP contribution in [0.3, 0.4) is 0 Å². The standard InChI is InChI=1S/C19H15F5N2O3/c20-13-7-11(8-14(21)9-13)10-25-16(27)18(29)5-6-26(17(18)28)15-3-1-12(2-4-15)19(22,23)24/h1-4,7-9,29H,5-6,10H2,(H,25,27). The van der Waals surface area contributed by atoms with Crippen molar-refractivity contribution in [2.24, 2.45) is 0 Å². The minimum atomic E-state index is -4.54. The topological polar surface area (TPSA) is 69.6 Å². The van der Waals surface area contributed by atoms with Gasteiger partial charge in [-0.15, -0.1) is 0 Å². The van der Waals surface area contributed by atoms with Crippen LogP contribution in [0.25, 0.3) is 0 Å². The molecule has 2 aromatic rings. The third-order valence-corrected chi connectivity index (χ3v) is 4.55. The van der Waals surface area contributed by atoms with Crippen molar-refractivity contribution in [2.75, 3.05) is 11.4 Å². The lowest BCUT2D eigenvalue weighted by atomic mass is 10.0. The Morgan fingerprint density at radius 1 is 1.10 bits per heavy atom. The second kappa shape index (κ2) is 7.43. The van der Waals surface area contributed by atoms with Crippen LogP contribution in [0.5, 0.6) is 0 Å². The largest absolute Gasteiger partial charge is 0.416 e. The van der Waals surface area contributed by atoms with E-state index in [1.165, 1.54) is 0 Å². The van der Waals surface area contributed by atoms with Crippen LogP contribution in [0, 0.1) is 11.6 Å². The van der Waals surface area contributed by atoms with E-state index < -0.39 is 40.8 Å². The van der Waals surface area contributed by atoms with Crippen molar-refractivity contribution in [3.63, 3.8) is 0 Å². The monoisotopic (exact) mass is 414 g/mol. The number of hydrogen-bond donors (Lipinski definition) is 2. The highest BCUT2D eigenvalue weighted by Gasteiger charge is 2.51. The Bertz CT molecular complexity index is 926. The van der Waals surface area contributed by atoms with E-state index in [-0.39, 0.29) is 30.8 Å². The lowest BCUT2D eigenvalue weighted by molar-refractivity contribution is -0.149. The van der Waals surface area contributed by atoms with Gasteiger partial charge < -0.3 is 15.3 Å². The van der Waals surface area contributed by atoms with E-state index in [4.69, 9.17) is 0 Å². The molecule has 1 atom stereocenters. The van der Waals surface area contributed by atoms with Gasteiger partial charge in [-0.2, -0.15) is 13.2 Å². The first-order valence-corrected chi connectivity index (χ1v) is 8.45. The molecule has 154 valence electrons. The molecule has 2 aromatic carbocycles. The minimum absolute atomic E-state index is 0.0875. The molecule has 1 unspecified atom stereocenters. The number of rotatable bonds is 4. The molecule has 1 aliphatic heterocycles. The zero-order valence-corrected chi connectivity index (χ0v) is 14.8. The number of nitrogens with zero attached hydrogens (tertiary/aromatic N) is 1. The molecule has 29 heavy (non-hydrogen) atoms. The van der Waals surface area contributed by atoms with Gasteiger partial charge in [0.25, 0.3) is 11.8 Å². The summed E-state index contributed by atoms with van der Waals surface area (Å²) in [6, 6.07) is 6.34. The number of amides is 2. The van der Waals surface area contributed by atoms with Gasteiger partial charge in [-0.25, -0.2) is 8.78 Å². The first-order chi connectivity index (χ1) is 13.5. The summed E-state index contributed by atoms with van der Waals surface area (Å²) in [6.07, 6.45) is -4.83. The molecule has 0 aliphatic carbocycles. The number of hydrogen-bond acceptors (Lipinski definition) is 3. The molecule has 5 nitrogen and oxygen atoms in total. The number of carbonyl (C=O) groups excluding carboxylic acids is 2. The summed E-state index contributed by atoms with van der Waals surface area (Å²) in [5.74, 6) is -3.77. The Labute approximate surface area is 161 Å². The summed E-state index contributed by atoms with van der Waals surface area (Å²) < 4.78 is 64.4. The van der Waals surface area contributed by atoms with E-state index in [2.05, 4.69) is 5.32 Å². The maximum Gasteiger partial charge on any atom is 0.416 e. The second-order valence-corrected chi connectivity index (χ2v) is 6.57. The van der Waals surface area contributed by atoms with Gasteiger partial charge in [0, 0.05) is 31.3 Å². The molecule has 3 rings (SSSR count). The van der Waals surface area contributed by atoms with E-state index in [9.17, 15) is 36.6 Å². The van der Waals surface area contributed by atoms with Crippen LogP contribution in [-0.4, -0.2) is 29.1 Å². The van der Waals surface area contributed by atoms with Crippen LogP contribution in [0.4, 0.5) is 27.6 Å². The second-order valence-electron chi connectivity index (χ2n) is 6.57. The van der Waals surface area contributed by atoms with Gasteiger partial charge in [-0.05, 0) is 42.0 Å². The number of halogens is 5. The fourth-order valence-electron chi connectivity index (χ4n) is 3.03. The fraction of sp³-hybridized carbons (Fsp3) is 0.263. The van der Waals surface area contributed by atoms with Crippen molar-refractivity contribution in [1.82, 2.24) is 5.32 Å².